The molecule has 92 heavy (non-hydrogen) atoms. The lowest BCUT2D eigenvalue weighted by Crippen LogP contribution is -2.22. The maximum Gasteiger partial charge on any atom is 0.120 e. The van der Waals surface area contributed by atoms with E-state index >= 15 is 0 Å². The van der Waals surface area contributed by atoms with E-state index in [0.717, 1.165) is 84.7 Å². The summed E-state index contributed by atoms with van der Waals surface area (Å²) in [6.07, 6.45) is 23.1. The van der Waals surface area contributed by atoms with E-state index < -0.39 is 0 Å². The van der Waals surface area contributed by atoms with Gasteiger partial charge in [-0.2, -0.15) is 0 Å². The average molecular weight is 1280 g/mol. The highest BCUT2D eigenvalue weighted by Crippen LogP contribution is 2.23. The van der Waals surface area contributed by atoms with Crippen LogP contribution in [0.2, 0.25) is 0 Å². The molecule has 0 radical (unpaired) electrons. The van der Waals surface area contributed by atoms with Crippen molar-refractivity contribution in [1.82, 2.24) is 0 Å². The van der Waals surface area contributed by atoms with Crippen LogP contribution in [0.25, 0.3) is 0 Å². The quantitative estimate of drug-likeness (QED) is 0.0445. The van der Waals surface area contributed by atoms with E-state index in [2.05, 4.69) is 277 Å². The molecule has 0 aromatic heterocycles. The summed E-state index contributed by atoms with van der Waals surface area (Å²) in [5.41, 5.74) is 7.38. The molecule has 0 aliphatic heterocycles. The smallest absolute Gasteiger partial charge is 0.120 e. The Labute approximate surface area is 575 Å². The summed E-state index contributed by atoms with van der Waals surface area (Å²) in [6, 6.07) is 34.5. The van der Waals surface area contributed by atoms with Gasteiger partial charge in [-0.1, -0.05) is 237 Å². The van der Waals surface area contributed by atoms with Crippen LogP contribution in [0, 0.1) is 52.8 Å². The Balaban J connectivity index is -0.00000101. The Morgan fingerprint density at radius 3 is 0.848 bits per heavy atom. The van der Waals surface area contributed by atoms with Gasteiger partial charge in [-0.05, 0) is 257 Å². The van der Waals surface area contributed by atoms with Crippen molar-refractivity contribution in [3.8, 4) is 17.2 Å². The Morgan fingerprint density at radius 2 is 0.554 bits per heavy atom. The second kappa shape index (κ2) is 55.3. The van der Waals surface area contributed by atoms with E-state index in [1.807, 2.05) is 27.7 Å². The average Bonchev–Trinajstić information content (AvgIpc) is 1.08. The number of hydrogen-bond donors (Lipinski definition) is 0. The summed E-state index contributed by atoms with van der Waals surface area (Å²) < 4.78 is 27.8. The first kappa shape index (κ1) is 92.4. The third kappa shape index (κ3) is 69.0. The monoisotopic (exact) mass is 1280 g/mol. The first-order valence-corrected chi connectivity index (χ1v) is 37.4. The van der Waals surface area contributed by atoms with Gasteiger partial charge in [0.15, 0.2) is 0 Å². The van der Waals surface area contributed by atoms with Gasteiger partial charge in [0.2, 0.25) is 0 Å². The number of ether oxygens (including phenoxy) is 5. The zero-order chi connectivity index (χ0) is 70.8. The molecule has 0 amide bonds. The molecule has 0 spiro atoms. The Kier molecular flexibility index (Phi) is 55.6. The molecule has 0 atom stereocenters. The molecule has 5 heteroatoms. The van der Waals surface area contributed by atoms with Crippen LogP contribution >= 0.6 is 0 Å². The van der Waals surface area contributed by atoms with Crippen LogP contribution in [-0.2, 0) is 41.6 Å². The van der Waals surface area contributed by atoms with Gasteiger partial charge in [-0.3, -0.25) is 0 Å². The molecule has 0 saturated carbocycles. The minimum absolute atomic E-state index is 0.112. The van der Waals surface area contributed by atoms with Crippen molar-refractivity contribution in [2.75, 3.05) is 13.2 Å². The van der Waals surface area contributed by atoms with Gasteiger partial charge in [0, 0.05) is 13.2 Å². The van der Waals surface area contributed by atoms with Gasteiger partial charge in [0.25, 0.3) is 0 Å². The molecule has 0 aliphatic rings. The summed E-state index contributed by atoms with van der Waals surface area (Å²) in [4.78, 5) is 0. The third-order valence-electron chi connectivity index (χ3n) is 14.1. The van der Waals surface area contributed by atoms with Gasteiger partial charge in [0.1, 0.15) is 22.8 Å². The molecule has 0 saturated heterocycles. The van der Waals surface area contributed by atoms with Crippen LogP contribution in [0.4, 0.5) is 0 Å². The van der Waals surface area contributed by atoms with Crippen LogP contribution in [0.5, 0.6) is 17.2 Å². The van der Waals surface area contributed by atoms with Crippen molar-refractivity contribution >= 4 is 0 Å². The van der Waals surface area contributed by atoms with Gasteiger partial charge in [-0.25, -0.2) is 0 Å². The molecule has 0 N–H and O–H groups in total. The van der Waals surface area contributed by atoms with Crippen LogP contribution in [0.3, 0.4) is 0 Å². The van der Waals surface area contributed by atoms with Crippen LogP contribution in [0.15, 0.2) is 97.1 Å². The van der Waals surface area contributed by atoms with E-state index in [-0.39, 0.29) is 17.8 Å². The minimum Gasteiger partial charge on any atom is -0.491 e. The van der Waals surface area contributed by atoms with Crippen molar-refractivity contribution in [3.05, 3.63) is 125 Å². The second-order valence-electron chi connectivity index (χ2n) is 32.8. The molecule has 4 aromatic rings. The third-order valence-corrected chi connectivity index (χ3v) is 14.1. The predicted molar refractivity (Wildman–Crippen MR) is 412 cm³/mol. The van der Waals surface area contributed by atoms with E-state index in [1.165, 1.54) is 124 Å². The molecule has 0 unspecified atom stereocenters. The summed E-state index contributed by atoms with van der Waals surface area (Å²) in [6.45, 7) is 67.7. The summed E-state index contributed by atoms with van der Waals surface area (Å²) in [5, 5.41) is 0. The molecule has 4 rings (SSSR count). The lowest BCUT2D eigenvalue weighted by Gasteiger charge is -2.21. The molecule has 4 aromatic carbocycles. The molecule has 0 bridgehead atoms. The van der Waals surface area contributed by atoms with Crippen molar-refractivity contribution in [2.45, 2.75) is 347 Å². The largest absolute Gasteiger partial charge is 0.491 e. The zero-order valence-corrected chi connectivity index (χ0v) is 66.6. The van der Waals surface area contributed by atoms with Gasteiger partial charge in [-0.15, -0.1) is 0 Å². The highest BCUT2D eigenvalue weighted by Gasteiger charge is 2.13. The number of aryl methyl sites for hydroxylation is 2. The summed E-state index contributed by atoms with van der Waals surface area (Å²) >= 11 is 0. The topological polar surface area (TPSA) is 46.2 Å². The SMILES string of the molecule is CC(C)CCCCCC(C)C.CC(C)CCCCOC(C)C.CC(C)CCCOC(C)C.CC(C)CCc1ccc(OC(C)C)cc1.CC(C)CCc1ccc(OC(C)C)cc1.CC(C)Cc1ccc(CC(C)(C)C)cc1.CC(C)Cc1ccc(OC(C)(C)C)cc1. The van der Waals surface area contributed by atoms with Crippen LogP contribution in [0.1, 0.15) is 313 Å². The lowest BCUT2D eigenvalue weighted by atomic mass is 9.87. The van der Waals surface area contributed by atoms with Crippen molar-refractivity contribution in [2.24, 2.45) is 52.8 Å². The van der Waals surface area contributed by atoms with Gasteiger partial charge < -0.3 is 23.7 Å². The summed E-state index contributed by atoms with van der Waals surface area (Å²) in [7, 11) is 0. The Hall–Kier alpha value is -3.80. The second-order valence-corrected chi connectivity index (χ2v) is 32.8. The fourth-order valence-corrected chi connectivity index (χ4v) is 9.39. The van der Waals surface area contributed by atoms with Gasteiger partial charge >= 0.3 is 0 Å². The molecular weight excluding hydrogens is 1120 g/mol. The Morgan fingerprint density at radius 1 is 0.272 bits per heavy atom. The molecule has 0 aliphatic carbocycles. The highest BCUT2D eigenvalue weighted by atomic mass is 16.5. The first-order chi connectivity index (χ1) is 42.8. The highest BCUT2D eigenvalue weighted by molar-refractivity contribution is 5.30. The normalized spacial score (nSPS) is 11.5. The molecule has 534 valence electrons. The molecule has 5 nitrogen and oxygen atoms in total. The van der Waals surface area contributed by atoms with Gasteiger partial charge in [0.05, 0.1) is 24.4 Å². The van der Waals surface area contributed by atoms with Crippen molar-refractivity contribution in [1.29, 1.82) is 0 Å². The van der Waals surface area contributed by atoms with Crippen LogP contribution in [-0.4, -0.2) is 43.2 Å². The van der Waals surface area contributed by atoms with Crippen molar-refractivity contribution < 1.29 is 23.7 Å². The number of rotatable bonds is 33. The fraction of sp³-hybridized carbons (Fsp3) is 0.724. The van der Waals surface area contributed by atoms with Crippen molar-refractivity contribution in [3.63, 3.8) is 0 Å². The van der Waals surface area contributed by atoms with E-state index in [4.69, 9.17) is 23.7 Å². The molecular formula is C87H156O5. The fourth-order valence-electron chi connectivity index (χ4n) is 9.39. The number of hydrogen-bond acceptors (Lipinski definition) is 5. The summed E-state index contributed by atoms with van der Waals surface area (Å²) in [5.74, 6) is 9.35. The molecule has 0 heterocycles. The van der Waals surface area contributed by atoms with Crippen LogP contribution < -0.4 is 14.2 Å². The number of benzene rings is 4. The predicted octanol–water partition coefficient (Wildman–Crippen LogP) is 27.0. The minimum atomic E-state index is -0.112. The maximum absolute atomic E-state index is 5.76. The van der Waals surface area contributed by atoms with E-state index in [1.54, 1.807) is 0 Å². The lowest BCUT2D eigenvalue weighted by molar-refractivity contribution is 0.0743. The zero-order valence-electron chi connectivity index (χ0n) is 66.6. The van der Waals surface area contributed by atoms with E-state index in [9.17, 15) is 0 Å². The Bertz CT molecular complexity index is 2000. The number of unbranched alkanes of at least 4 members (excludes halogenated alkanes) is 3. The molecule has 0 fully saturated rings. The van der Waals surface area contributed by atoms with E-state index in [0.29, 0.717) is 23.5 Å². The maximum atomic E-state index is 5.76. The first-order valence-electron chi connectivity index (χ1n) is 37.4. The standard InChI is InChI=1S/C15H24.3C14H22O.C11H24.C10H22O.C9H20O/c1-12(2)10-13-6-8-14(9-7-13)11-15(3,4)5;1-11(2)10-12-6-8-13(9-7-12)15-14(3,4)5;2*1-11(2)5-6-13-7-9-14(10-8-13)15-12(3)4;1-10(2)8-6-5-7-9-11(3)4;1-9(2)7-5-6-8-11-10(3)4;1-8(2)6-5-7-10-9(3)4/h6-9,12H,10-11H2,1-5H3;6-9,11H,10H2,1-5H3;2*7-12H,5-6H2,1-4H3;10-11H,5-9H2,1-4H3;9-10H,5-8H2,1-4H3;8-9H,5-7H2,1-4H3.